The van der Waals surface area contributed by atoms with Gasteiger partial charge in [0.05, 0.1) is 16.3 Å². The third kappa shape index (κ3) is 2.94. The van der Waals surface area contributed by atoms with Gasteiger partial charge in [-0.15, -0.1) is 0 Å². The Morgan fingerprint density at radius 1 is 1.50 bits per heavy atom. The van der Waals surface area contributed by atoms with E-state index in [4.69, 9.17) is 33.3 Å². The molecule has 18 heavy (non-hydrogen) atoms. The number of rotatable bonds is 3. The predicted octanol–water partition coefficient (Wildman–Crippen LogP) is 1.58. The second kappa shape index (κ2) is 5.62. The van der Waals surface area contributed by atoms with Crippen LogP contribution < -0.4 is 11.2 Å². The second-order valence-electron chi connectivity index (χ2n) is 3.02. The van der Waals surface area contributed by atoms with Gasteiger partial charge in [-0.25, -0.2) is 4.39 Å². The van der Waals surface area contributed by atoms with E-state index >= 15 is 0 Å². The van der Waals surface area contributed by atoms with Gasteiger partial charge in [0.15, 0.2) is 5.84 Å². The molecule has 0 spiro atoms. The van der Waals surface area contributed by atoms with Gasteiger partial charge in [-0.1, -0.05) is 11.6 Å². The maximum absolute atomic E-state index is 13.2. The van der Waals surface area contributed by atoms with Crippen molar-refractivity contribution in [2.24, 2.45) is 10.8 Å². The lowest BCUT2D eigenvalue weighted by molar-refractivity contribution is 0.628. The Balaban J connectivity index is 3.14. The van der Waals surface area contributed by atoms with E-state index in [2.05, 4.69) is 10.5 Å². The van der Waals surface area contributed by atoms with Crippen LogP contribution in [-0.2, 0) is 0 Å². The maximum Gasteiger partial charge on any atom is 0.201 e. The second-order valence-corrected chi connectivity index (χ2v) is 3.43. The highest BCUT2D eigenvalue weighted by Gasteiger charge is 2.09. The number of benzene rings is 1. The van der Waals surface area contributed by atoms with Crippen LogP contribution in [0.4, 0.5) is 10.1 Å². The SMILES string of the molecule is N#C/C(=N\Nc1cc(F)c(Cl)cc1C#N)C(=N)N. The lowest BCUT2D eigenvalue weighted by Crippen LogP contribution is -2.22. The summed E-state index contributed by atoms with van der Waals surface area (Å²) in [6.07, 6.45) is 0. The van der Waals surface area contributed by atoms with E-state index in [-0.39, 0.29) is 22.0 Å². The van der Waals surface area contributed by atoms with Crippen LogP contribution in [0.25, 0.3) is 0 Å². The molecule has 1 aromatic carbocycles. The minimum atomic E-state index is -0.741. The molecule has 0 unspecified atom stereocenters. The molecule has 0 aliphatic carbocycles. The van der Waals surface area contributed by atoms with Crippen molar-refractivity contribution in [3.05, 3.63) is 28.5 Å². The van der Waals surface area contributed by atoms with Crippen molar-refractivity contribution in [1.29, 1.82) is 15.9 Å². The van der Waals surface area contributed by atoms with Crippen molar-refractivity contribution in [2.75, 3.05) is 5.43 Å². The minimum Gasteiger partial charge on any atom is -0.382 e. The van der Waals surface area contributed by atoms with E-state index in [1.54, 1.807) is 12.1 Å². The Morgan fingerprint density at radius 2 is 2.17 bits per heavy atom. The van der Waals surface area contributed by atoms with E-state index in [9.17, 15) is 4.39 Å². The molecule has 0 amide bonds. The number of nitriles is 2. The van der Waals surface area contributed by atoms with Crippen molar-refractivity contribution in [3.63, 3.8) is 0 Å². The summed E-state index contributed by atoms with van der Waals surface area (Å²) in [4.78, 5) is 0. The Hall–Kier alpha value is -2.64. The average Bonchev–Trinajstić information content (AvgIpc) is 2.33. The molecule has 0 aliphatic rings. The highest BCUT2D eigenvalue weighted by Crippen LogP contribution is 2.23. The summed E-state index contributed by atoms with van der Waals surface area (Å²) in [5, 5.41) is 27.7. The highest BCUT2D eigenvalue weighted by atomic mass is 35.5. The third-order valence-electron chi connectivity index (χ3n) is 1.83. The van der Waals surface area contributed by atoms with Crippen LogP contribution in [0.15, 0.2) is 17.2 Å². The molecule has 4 N–H and O–H groups in total. The van der Waals surface area contributed by atoms with Crippen LogP contribution in [0.5, 0.6) is 0 Å². The summed E-state index contributed by atoms with van der Waals surface area (Å²) in [7, 11) is 0. The Bertz CT molecular complexity index is 610. The molecular weight excluding hydrogens is 259 g/mol. The van der Waals surface area contributed by atoms with Gasteiger partial charge in [-0.05, 0) is 6.07 Å². The van der Waals surface area contributed by atoms with Gasteiger partial charge in [0.1, 0.15) is 18.0 Å². The number of amidine groups is 1. The number of nitrogens with one attached hydrogen (secondary N) is 2. The number of halogens is 2. The maximum atomic E-state index is 13.2. The van der Waals surface area contributed by atoms with E-state index < -0.39 is 11.7 Å². The van der Waals surface area contributed by atoms with Gasteiger partial charge >= 0.3 is 0 Å². The first-order chi connectivity index (χ1) is 8.49. The molecule has 0 atom stereocenters. The molecule has 0 saturated heterocycles. The molecule has 1 rings (SSSR count). The zero-order chi connectivity index (χ0) is 13.7. The third-order valence-corrected chi connectivity index (χ3v) is 2.12. The highest BCUT2D eigenvalue weighted by molar-refractivity contribution is 6.45. The summed E-state index contributed by atoms with van der Waals surface area (Å²) in [5.41, 5.74) is 7.04. The minimum absolute atomic E-state index is 0.0217. The number of hydrogen-bond acceptors (Lipinski definition) is 5. The molecule has 1 aromatic rings. The van der Waals surface area contributed by atoms with Crippen molar-refractivity contribution in [1.82, 2.24) is 0 Å². The Kier molecular flexibility index (Phi) is 4.19. The lowest BCUT2D eigenvalue weighted by atomic mass is 10.2. The molecular formula is C10H6ClFN6. The van der Waals surface area contributed by atoms with Gasteiger partial charge < -0.3 is 5.73 Å². The topological polar surface area (TPSA) is 122 Å². The van der Waals surface area contributed by atoms with Crippen LogP contribution >= 0.6 is 11.6 Å². The van der Waals surface area contributed by atoms with E-state index in [1.807, 2.05) is 0 Å². The summed E-state index contributed by atoms with van der Waals surface area (Å²) < 4.78 is 13.2. The van der Waals surface area contributed by atoms with Gasteiger partial charge in [-0.3, -0.25) is 10.8 Å². The fourth-order valence-electron chi connectivity index (χ4n) is 0.993. The molecule has 0 fully saturated rings. The smallest absolute Gasteiger partial charge is 0.201 e. The molecule has 6 nitrogen and oxygen atoms in total. The standard InChI is InChI=1S/C10H6ClFN6/c11-6-1-5(3-13)8(2-7(6)12)17-18-9(4-14)10(15)16/h1-2,17H,(H3,15,16)/b18-9+. The largest absolute Gasteiger partial charge is 0.382 e. The molecule has 0 saturated carbocycles. The number of anilines is 1. The first kappa shape index (κ1) is 13.4. The van der Waals surface area contributed by atoms with Crippen LogP contribution in [0.1, 0.15) is 5.56 Å². The summed E-state index contributed by atoms with van der Waals surface area (Å²) in [6.45, 7) is 0. The quantitative estimate of drug-likeness (QED) is 0.436. The fraction of sp³-hybridized carbons (Fsp3) is 0. The van der Waals surface area contributed by atoms with Crippen molar-refractivity contribution < 1.29 is 4.39 Å². The van der Waals surface area contributed by atoms with Crippen LogP contribution in [0.3, 0.4) is 0 Å². The molecule has 0 aromatic heterocycles. The van der Waals surface area contributed by atoms with Gasteiger partial charge in [0.25, 0.3) is 0 Å². The Morgan fingerprint density at radius 3 is 2.67 bits per heavy atom. The number of hydrogen-bond donors (Lipinski definition) is 3. The summed E-state index contributed by atoms with van der Waals surface area (Å²) in [6, 6.07) is 5.43. The zero-order valence-corrected chi connectivity index (χ0v) is 9.59. The van der Waals surface area contributed by atoms with Crippen LogP contribution in [-0.4, -0.2) is 11.5 Å². The predicted molar refractivity (Wildman–Crippen MR) is 64.7 cm³/mol. The van der Waals surface area contributed by atoms with Crippen molar-refractivity contribution in [2.45, 2.75) is 0 Å². The summed E-state index contributed by atoms with van der Waals surface area (Å²) in [5.74, 6) is -1.28. The normalized spacial score (nSPS) is 10.3. The van der Waals surface area contributed by atoms with Crippen molar-refractivity contribution in [3.8, 4) is 12.1 Å². The first-order valence-corrected chi connectivity index (χ1v) is 4.84. The van der Waals surface area contributed by atoms with E-state index in [0.717, 1.165) is 12.1 Å². The zero-order valence-electron chi connectivity index (χ0n) is 8.83. The van der Waals surface area contributed by atoms with Gasteiger partial charge in [0, 0.05) is 6.07 Å². The first-order valence-electron chi connectivity index (χ1n) is 4.47. The molecule has 0 aliphatic heterocycles. The monoisotopic (exact) mass is 264 g/mol. The summed E-state index contributed by atoms with van der Waals surface area (Å²) >= 11 is 5.51. The Labute approximate surface area is 107 Å². The molecule has 0 bridgehead atoms. The number of nitrogens with two attached hydrogens (primary N) is 1. The number of hydrazone groups is 1. The van der Waals surface area contributed by atoms with E-state index in [1.165, 1.54) is 0 Å². The molecule has 8 heteroatoms. The lowest BCUT2D eigenvalue weighted by Gasteiger charge is -2.04. The van der Waals surface area contributed by atoms with E-state index in [0.29, 0.717) is 0 Å². The van der Waals surface area contributed by atoms with Gasteiger partial charge in [-0.2, -0.15) is 15.6 Å². The van der Waals surface area contributed by atoms with Crippen molar-refractivity contribution >= 4 is 28.8 Å². The molecule has 0 radical (unpaired) electrons. The van der Waals surface area contributed by atoms with Crippen LogP contribution in [0.2, 0.25) is 5.02 Å². The molecule has 90 valence electrons. The average molecular weight is 265 g/mol. The van der Waals surface area contributed by atoms with Gasteiger partial charge in [0.2, 0.25) is 5.71 Å². The number of nitrogens with zero attached hydrogens (tertiary/aromatic N) is 3. The fourth-order valence-corrected chi connectivity index (χ4v) is 1.16. The van der Waals surface area contributed by atoms with Crippen LogP contribution in [0, 0.1) is 33.9 Å². The molecule has 0 heterocycles.